The van der Waals surface area contributed by atoms with Gasteiger partial charge in [-0.15, -0.1) is 0 Å². The molecular weight excluding hydrogens is 352 g/mol. The monoisotopic (exact) mass is 370 g/mol. The van der Waals surface area contributed by atoms with E-state index < -0.39 is 0 Å². The van der Waals surface area contributed by atoms with Crippen LogP contribution in [0.4, 0.5) is 11.5 Å². The average molecular weight is 370 g/mol. The van der Waals surface area contributed by atoms with Crippen LogP contribution in [0, 0.1) is 17.0 Å². The van der Waals surface area contributed by atoms with Crippen molar-refractivity contribution in [3.8, 4) is 16.9 Å². The highest BCUT2D eigenvalue weighted by atomic mass is 16.6. The number of nitrogens with one attached hydrogen (secondary N) is 1. The molecule has 0 radical (unpaired) electrons. The van der Waals surface area contributed by atoms with Crippen molar-refractivity contribution in [2.75, 3.05) is 11.9 Å². The second-order valence-corrected chi connectivity index (χ2v) is 7.05. The number of nitrogens with zero attached hydrogens (tertiary/aromatic N) is 3. The van der Waals surface area contributed by atoms with Gasteiger partial charge in [0.2, 0.25) is 0 Å². The molecule has 138 valence electrons. The van der Waals surface area contributed by atoms with E-state index >= 15 is 0 Å². The van der Waals surface area contributed by atoms with Crippen LogP contribution >= 0.6 is 0 Å². The van der Waals surface area contributed by atoms with Crippen molar-refractivity contribution >= 4 is 22.3 Å². The summed E-state index contributed by atoms with van der Waals surface area (Å²) in [6.07, 6.45) is 0.880. The van der Waals surface area contributed by atoms with Gasteiger partial charge in [-0.1, -0.05) is 42.5 Å². The topological polar surface area (TPSA) is 73.0 Å². The van der Waals surface area contributed by atoms with Crippen molar-refractivity contribution in [2.24, 2.45) is 0 Å². The molecule has 5 rings (SSSR count). The van der Waals surface area contributed by atoms with Gasteiger partial charge < -0.3 is 5.32 Å². The van der Waals surface area contributed by atoms with Crippen LogP contribution in [0.1, 0.15) is 11.1 Å². The highest BCUT2D eigenvalue weighted by Gasteiger charge is 2.25. The van der Waals surface area contributed by atoms with Crippen molar-refractivity contribution in [3.05, 3.63) is 81.9 Å². The van der Waals surface area contributed by atoms with Crippen molar-refractivity contribution in [1.82, 2.24) is 9.78 Å². The van der Waals surface area contributed by atoms with Gasteiger partial charge in [0.05, 0.1) is 16.3 Å². The summed E-state index contributed by atoms with van der Waals surface area (Å²) in [7, 11) is 0. The predicted octanol–water partition coefficient (Wildman–Crippen LogP) is 4.88. The lowest BCUT2D eigenvalue weighted by Crippen LogP contribution is -2.06. The zero-order valence-corrected chi connectivity index (χ0v) is 15.3. The molecule has 0 aliphatic carbocycles. The molecule has 28 heavy (non-hydrogen) atoms. The van der Waals surface area contributed by atoms with Crippen LogP contribution in [-0.4, -0.2) is 21.2 Å². The number of hydrogen-bond acceptors (Lipinski definition) is 4. The molecule has 1 aromatic heterocycles. The average Bonchev–Trinajstić information content (AvgIpc) is 3.31. The van der Waals surface area contributed by atoms with Crippen LogP contribution in [-0.2, 0) is 6.42 Å². The summed E-state index contributed by atoms with van der Waals surface area (Å²) in [6, 6.07) is 19.5. The Hall–Kier alpha value is -3.67. The van der Waals surface area contributed by atoms with Gasteiger partial charge in [0.15, 0.2) is 0 Å². The number of nitro groups is 1. The van der Waals surface area contributed by atoms with Crippen LogP contribution in [0.3, 0.4) is 0 Å². The summed E-state index contributed by atoms with van der Waals surface area (Å²) >= 11 is 0. The molecule has 0 spiro atoms. The van der Waals surface area contributed by atoms with Crippen LogP contribution in [0.5, 0.6) is 0 Å². The number of fused-ring (bicyclic) bond motifs is 2. The summed E-state index contributed by atoms with van der Waals surface area (Å²) in [5.74, 6) is 0.923. The van der Waals surface area contributed by atoms with Crippen LogP contribution in [0.15, 0.2) is 60.7 Å². The first kappa shape index (κ1) is 16.5. The third kappa shape index (κ3) is 2.53. The van der Waals surface area contributed by atoms with E-state index in [9.17, 15) is 10.1 Å². The van der Waals surface area contributed by atoms with E-state index in [-0.39, 0.29) is 10.6 Å². The molecule has 0 fully saturated rings. The molecule has 1 N–H and O–H groups in total. The zero-order chi connectivity index (χ0) is 19.3. The normalized spacial score (nSPS) is 12.8. The van der Waals surface area contributed by atoms with E-state index in [0.29, 0.717) is 0 Å². The van der Waals surface area contributed by atoms with E-state index in [2.05, 4.69) is 35.6 Å². The third-order valence-electron chi connectivity index (χ3n) is 5.31. The quantitative estimate of drug-likeness (QED) is 0.412. The maximum atomic E-state index is 11.2. The minimum atomic E-state index is -0.371. The summed E-state index contributed by atoms with van der Waals surface area (Å²) in [6.45, 7) is 2.78. The first-order valence-electron chi connectivity index (χ1n) is 9.22. The minimum absolute atomic E-state index is 0.0649. The number of aryl methyl sites for hydroxylation is 1. The molecular formula is C22H18N4O2. The molecule has 1 aliphatic rings. The first-order valence-corrected chi connectivity index (χ1v) is 9.22. The third-order valence-corrected chi connectivity index (χ3v) is 5.31. The Morgan fingerprint density at radius 1 is 1.07 bits per heavy atom. The molecule has 2 heterocycles. The van der Waals surface area contributed by atoms with Gasteiger partial charge >= 0.3 is 0 Å². The number of aromatic nitrogens is 2. The van der Waals surface area contributed by atoms with Crippen LogP contribution < -0.4 is 5.32 Å². The molecule has 0 atom stereocenters. The highest BCUT2D eigenvalue weighted by molar-refractivity contribution is 5.88. The smallest absolute Gasteiger partial charge is 0.271 e. The standard InChI is InChI=1S/C22H18N4O2/c1-14-6-9-18(26(27)28)13-20(14)25-22-19(10-11-23-22)21(24-25)17-8-7-15-4-2-3-5-16(15)12-17/h2-9,12-13,23H,10-11H2,1H3. The second kappa shape index (κ2) is 6.20. The van der Waals surface area contributed by atoms with Gasteiger partial charge in [0.1, 0.15) is 5.82 Å². The molecule has 0 amide bonds. The van der Waals surface area contributed by atoms with Crippen molar-refractivity contribution < 1.29 is 4.92 Å². The van der Waals surface area contributed by atoms with E-state index in [4.69, 9.17) is 5.10 Å². The summed E-state index contributed by atoms with van der Waals surface area (Å²) in [5.41, 5.74) is 4.87. The molecule has 4 aromatic rings. The fraction of sp³-hybridized carbons (Fsp3) is 0.136. The van der Waals surface area contributed by atoms with Crippen molar-refractivity contribution in [3.63, 3.8) is 0 Å². The van der Waals surface area contributed by atoms with E-state index in [1.54, 1.807) is 12.1 Å². The molecule has 0 saturated heterocycles. The summed E-state index contributed by atoms with van der Waals surface area (Å²) < 4.78 is 1.81. The zero-order valence-electron chi connectivity index (χ0n) is 15.3. The molecule has 0 saturated carbocycles. The van der Waals surface area contributed by atoms with E-state index in [0.717, 1.165) is 46.9 Å². The van der Waals surface area contributed by atoms with Gasteiger partial charge in [-0.2, -0.15) is 5.10 Å². The molecule has 3 aromatic carbocycles. The minimum Gasteiger partial charge on any atom is -0.369 e. The maximum absolute atomic E-state index is 11.2. The molecule has 6 heteroatoms. The lowest BCUT2D eigenvalue weighted by Gasteiger charge is -2.09. The second-order valence-electron chi connectivity index (χ2n) is 7.05. The molecule has 1 aliphatic heterocycles. The molecule has 0 unspecified atom stereocenters. The lowest BCUT2D eigenvalue weighted by atomic mass is 10.0. The van der Waals surface area contributed by atoms with E-state index in [1.807, 2.05) is 23.7 Å². The largest absolute Gasteiger partial charge is 0.369 e. The van der Waals surface area contributed by atoms with Crippen LogP contribution in [0.2, 0.25) is 0 Å². The summed E-state index contributed by atoms with van der Waals surface area (Å²) in [4.78, 5) is 10.9. The fourth-order valence-corrected chi connectivity index (χ4v) is 3.86. The van der Waals surface area contributed by atoms with E-state index in [1.165, 1.54) is 16.8 Å². The number of non-ortho nitro benzene ring substituents is 1. The lowest BCUT2D eigenvalue weighted by molar-refractivity contribution is -0.384. The number of rotatable bonds is 3. The van der Waals surface area contributed by atoms with Gasteiger partial charge in [-0.3, -0.25) is 10.1 Å². The SMILES string of the molecule is Cc1ccc([N+](=O)[O-])cc1-n1nc(-c2ccc3ccccc3c2)c2c1NCC2. The van der Waals surface area contributed by atoms with Crippen LogP contribution in [0.25, 0.3) is 27.7 Å². The highest BCUT2D eigenvalue weighted by Crippen LogP contribution is 2.36. The van der Waals surface area contributed by atoms with Gasteiger partial charge in [-0.25, -0.2) is 4.68 Å². The summed E-state index contributed by atoms with van der Waals surface area (Å²) in [5, 5.41) is 21.9. The van der Waals surface area contributed by atoms with Gasteiger partial charge in [-0.05, 0) is 35.7 Å². The number of benzene rings is 3. The van der Waals surface area contributed by atoms with Gasteiger partial charge in [0, 0.05) is 29.8 Å². The van der Waals surface area contributed by atoms with Crippen molar-refractivity contribution in [1.29, 1.82) is 0 Å². The fourth-order valence-electron chi connectivity index (χ4n) is 3.86. The Bertz CT molecular complexity index is 1240. The van der Waals surface area contributed by atoms with Crippen molar-refractivity contribution in [2.45, 2.75) is 13.3 Å². The maximum Gasteiger partial charge on any atom is 0.271 e. The Morgan fingerprint density at radius 2 is 1.89 bits per heavy atom. The number of anilines is 1. The molecule has 0 bridgehead atoms. The number of nitro benzene ring substituents is 1. The Balaban J connectivity index is 1.70. The molecule has 6 nitrogen and oxygen atoms in total. The number of hydrogen-bond donors (Lipinski definition) is 1. The van der Waals surface area contributed by atoms with Gasteiger partial charge in [0.25, 0.3) is 5.69 Å². The Kier molecular flexibility index (Phi) is 3.65. The Labute approximate surface area is 161 Å². The predicted molar refractivity (Wildman–Crippen MR) is 110 cm³/mol. The Morgan fingerprint density at radius 3 is 2.71 bits per heavy atom. The first-order chi connectivity index (χ1) is 13.6.